The zero-order chi connectivity index (χ0) is 11.6. The first-order chi connectivity index (χ1) is 7.83. The van der Waals surface area contributed by atoms with E-state index in [9.17, 15) is 0 Å². The molecule has 0 fully saturated rings. The first-order valence-corrected chi connectivity index (χ1v) is 7.61. The molecule has 0 aliphatic heterocycles. The van der Waals surface area contributed by atoms with Gasteiger partial charge in [-0.3, -0.25) is 0 Å². The van der Waals surface area contributed by atoms with Crippen molar-refractivity contribution in [2.24, 2.45) is 0 Å². The molecular formula is C13H13NSW. The van der Waals surface area contributed by atoms with Crippen molar-refractivity contribution in [3.8, 4) is 11.8 Å². The summed E-state index contributed by atoms with van der Waals surface area (Å²) in [6.07, 6.45) is 4.14. The van der Waals surface area contributed by atoms with E-state index in [0.29, 0.717) is 0 Å². The van der Waals surface area contributed by atoms with Gasteiger partial charge in [0, 0.05) is 0 Å². The van der Waals surface area contributed by atoms with Crippen molar-refractivity contribution in [2.75, 3.05) is 12.8 Å². The van der Waals surface area contributed by atoms with Gasteiger partial charge in [0.25, 0.3) is 0 Å². The van der Waals surface area contributed by atoms with Crippen molar-refractivity contribution in [1.29, 1.82) is 0 Å². The summed E-state index contributed by atoms with van der Waals surface area (Å²) in [7, 11) is 0. The number of nitrogens with one attached hydrogen (secondary N) is 1. The van der Waals surface area contributed by atoms with Gasteiger partial charge in [-0.15, -0.1) is 0 Å². The van der Waals surface area contributed by atoms with E-state index < -0.39 is 0 Å². The summed E-state index contributed by atoms with van der Waals surface area (Å²) < 4.78 is 1.08. The van der Waals surface area contributed by atoms with Gasteiger partial charge >= 0.3 is 112 Å². The third-order valence-electron chi connectivity index (χ3n) is 1.71. The zero-order valence-corrected chi connectivity index (χ0v) is 12.8. The van der Waals surface area contributed by atoms with Gasteiger partial charge in [-0.05, 0) is 0 Å². The van der Waals surface area contributed by atoms with E-state index in [-0.39, 0.29) is 0 Å². The van der Waals surface area contributed by atoms with Crippen molar-refractivity contribution in [1.82, 2.24) is 5.32 Å². The molecule has 0 atom stereocenters. The zero-order valence-electron chi connectivity index (χ0n) is 9.07. The predicted octanol–water partition coefficient (Wildman–Crippen LogP) is 2.18. The van der Waals surface area contributed by atoms with Crippen molar-refractivity contribution in [3.63, 3.8) is 0 Å². The molecule has 0 unspecified atom stereocenters. The Labute approximate surface area is 112 Å². The van der Waals surface area contributed by atoms with Crippen LogP contribution >= 0.6 is 11.8 Å². The van der Waals surface area contributed by atoms with E-state index in [1.807, 2.05) is 36.6 Å². The van der Waals surface area contributed by atoms with Crippen LogP contribution < -0.4 is 5.32 Å². The van der Waals surface area contributed by atoms with Crippen LogP contribution in [0.4, 0.5) is 0 Å². The molecule has 0 aromatic heterocycles. The maximum atomic E-state index is 3.27. The second-order valence-corrected chi connectivity index (χ2v) is 5.14. The van der Waals surface area contributed by atoms with Crippen molar-refractivity contribution in [3.05, 3.63) is 47.4 Å². The predicted molar refractivity (Wildman–Crippen MR) is 69.0 cm³/mol. The average molecular weight is 399 g/mol. The number of hydrogen-bond acceptors (Lipinski definition) is 2. The van der Waals surface area contributed by atoms with Gasteiger partial charge < -0.3 is 0 Å². The molecule has 0 saturated carbocycles. The SMILES string of the molecule is CS/C=C\CN[C](=[W])C#Cc1ccccc1. The molecule has 16 heavy (non-hydrogen) atoms. The molecule has 1 aromatic rings. The van der Waals surface area contributed by atoms with Gasteiger partial charge in [0.1, 0.15) is 0 Å². The third-order valence-corrected chi connectivity index (χ3v) is 3.06. The van der Waals surface area contributed by atoms with Crippen LogP contribution in [0.2, 0.25) is 0 Å². The molecule has 0 aliphatic carbocycles. The van der Waals surface area contributed by atoms with Gasteiger partial charge in [0.15, 0.2) is 0 Å². The van der Waals surface area contributed by atoms with Crippen molar-refractivity contribution >= 4 is 15.8 Å². The van der Waals surface area contributed by atoms with Gasteiger partial charge in [0.05, 0.1) is 0 Å². The average Bonchev–Trinajstić information content (AvgIpc) is 2.33. The van der Waals surface area contributed by atoms with E-state index in [1.54, 1.807) is 11.8 Å². The summed E-state index contributed by atoms with van der Waals surface area (Å²) in [6, 6.07) is 10.0. The Bertz CT molecular complexity index is 415. The second-order valence-electron chi connectivity index (χ2n) is 2.93. The standard InChI is InChI=1S/C13H13NS.W/c1-15-12-6-11-14-10-5-9-13-7-3-2-4-8-13;/h2-4,6-8,12,14H,11H2,1H3;/b12-6-;. The number of rotatable bonds is 4. The molecule has 1 N–H and O–H groups in total. The summed E-state index contributed by atoms with van der Waals surface area (Å²) in [6.45, 7) is 0.850. The van der Waals surface area contributed by atoms with Crippen LogP contribution in [0.3, 0.4) is 0 Å². The van der Waals surface area contributed by atoms with E-state index in [1.165, 1.54) is 19.4 Å². The Morgan fingerprint density at radius 2 is 2.19 bits per heavy atom. The van der Waals surface area contributed by atoms with Crippen LogP contribution in [0.5, 0.6) is 0 Å². The van der Waals surface area contributed by atoms with Gasteiger partial charge in [-0.1, -0.05) is 0 Å². The van der Waals surface area contributed by atoms with E-state index >= 15 is 0 Å². The van der Waals surface area contributed by atoms with Gasteiger partial charge in [-0.2, -0.15) is 0 Å². The second kappa shape index (κ2) is 8.53. The monoisotopic (exact) mass is 399 g/mol. The van der Waals surface area contributed by atoms with Crippen molar-refractivity contribution < 1.29 is 19.4 Å². The maximum absolute atomic E-state index is 3.27. The molecule has 0 aliphatic rings. The molecule has 0 saturated heterocycles. The van der Waals surface area contributed by atoms with E-state index in [2.05, 4.69) is 28.6 Å². The minimum atomic E-state index is 0.850. The summed E-state index contributed by atoms with van der Waals surface area (Å²) in [5.74, 6) is 6.26. The van der Waals surface area contributed by atoms with Crippen molar-refractivity contribution in [2.45, 2.75) is 0 Å². The molecule has 82 valence electrons. The molecular weight excluding hydrogens is 386 g/mol. The van der Waals surface area contributed by atoms with Crippen LogP contribution in [0.25, 0.3) is 0 Å². The number of benzene rings is 1. The first-order valence-electron chi connectivity index (χ1n) is 4.85. The molecule has 1 rings (SSSR count). The van der Waals surface area contributed by atoms with Crippen LogP contribution in [-0.4, -0.2) is 16.8 Å². The Kier molecular flexibility index (Phi) is 7.17. The minimum absolute atomic E-state index is 0.850. The number of thioether (sulfide) groups is 1. The van der Waals surface area contributed by atoms with E-state index in [4.69, 9.17) is 0 Å². The molecule has 0 spiro atoms. The Morgan fingerprint density at radius 1 is 1.44 bits per heavy atom. The fraction of sp³-hybridized carbons (Fsp3) is 0.154. The third kappa shape index (κ3) is 6.08. The molecule has 0 radical (unpaired) electrons. The topological polar surface area (TPSA) is 12.0 Å². The summed E-state index contributed by atoms with van der Waals surface area (Å²) in [4.78, 5) is 0. The molecule has 1 nitrogen and oxygen atoms in total. The normalized spacial score (nSPS) is 9.81. The molecule has 3 heteroatoms. The summed E-state index contributed by atoms with van der Waals surface area (Å²) >= 11 is 3.08. The number of hydrogen-bond donors (Lipinski definition) is 1. The quantitative estimate of drug-likeness (QED) is 0.780. The fourth-order valence-corrected chi connectivity index (χ4v) is 1.76. The van der Waals surface area contributed by atoms with Crippen LogP contribution in [0.1, 0.15) is 5.56 Å². The Balaban J connectivity index is 2.40. The molecule has 1 aromatic carbocycles. The first kappa shape index (κ1) is 13.5. The summed E-state index contributed by atoms with van der Waals surface area (Å²) in [5.41, 5.74) is 1.06. The molecule has 0 heterocycles. The Morgan fingerprint density at radius 3 is 2.88 bits per heavy atom. The van der Waals surface area contributed by atoms with Gasteiger partial charge in [0.2, 0.25) is 0 Å². The van der Waals surface area contributed by atoms with Crippen LogP contribution in [0.15, 0.2) is 41.8 Å². The Hall–Kier alpha value is -0.612. The molecule has 0 amide bonds. The van der Waals surface area contributed by atoms with Crippen LogP contribution in [-0.2, 0) is 19.4 Å². The summed E-state index contributed by atoms with van der Waals surface area (Å²) in [5, 5.41) is 5.34. The van der Waals surface area contributed by atoms with Gasteiger partial charge in [-0.25, -0.2) is 0 Å². The van der Waals surface area contributed by atoms with E-state index in [0.717, 1.165) is 16.1 Å². The fourth-order valence-electron chi connectivity index (χ4n) is 0.991. The molecule has 0 bridgehead atoms. The van der Waals surface area contributed by atoms with Crippen LogP contribution in [0, 0.1) is 11.8 Å².